The average Bonchev–Trinajstić information content (AvgIpc) is 2.13. The number of hydrogen-bond acceptors (Lipinski definition) is 7. The van der Waals surface area contributed by atoms with Crippen LogP contribution < -0.4 is 0 Å². The summed E-state index contributed by atoms with van der Waals surface area (Å²) in [4.78, 5) is 8.00. The number of nitrogens with zero attached hydrogens (tertiary/aromatic N) is 1. The van der Waals surface area contributed by atoms with E-state index in [4.69, 9.17) is 28.5 Å². The van der Waals surface area contributed by atoms with Gasteiger partial charge in [-0.2, -0.15) is 0 Å². The van der Waals surface area contributed by atoms with Gasteiger partial charge in [0.15, 0.2) is 11.5 Å². The van der Waals surface area contributed by atoms with Crippen LogP contribution in [-0.4, -0.2) is 34.8 Å². The number of phenols is 2. The number of rotatable bonds is 0. The number of aromatic hydroxyl groups is 2. The fourth-order valence-electron chi connectivity index (χ4n) is 0.464. The monoisotopic (exact) mass is 493 g/mol. The first-order valence-electron chi connectivity index (χ1n) is 3.09. The van der Waals surface area contributed by atoms with E-state index in [9.17, 15) is 0 Å². The fourth-order valence-corrected chi connectivity index (χ4v) is 0.464. The molecule has 0 aliphatic rings. The molecule has 1 aromatic carbocycles. The average molecular weight is 493 g/mol. The minimum absolute atomic E-state index is 0. The molecule has 0 fully saturated rings. The molecule has 0 saturated carbocycles. The van der Waals surface area contributed by atoms with Crippen LogP contribution >= 0.6 is 0 Å². The van der Waals surface area contributed by atoms with Gasteiger partial charge in [-0.05, 0) is 12.1 Å². The Labute approximate surface area is 119 Å². The first-order valence-corrected chi connectivity index (χ1v) is 4.96. The van der Waals surface area contributed by atoms with Gasteiger partial charge in [0, 0.05) is 0 Å². The van der Waals surface area contributed by atoms with Crippen molar-refractivity contribution in [3.05, 3.63) is 46.7 Å². The maximum Gasteiger partial charge on any atom is 2.00 e. The molecule has 0 amide bonds. The second-order valence-corrected chi connectivity index (χ2v) is 2.08. The summed E-state index contributed by atoms with van der Waals surface area (Å²) >= 11 is -1.50. The van der Waals surface area contributed by atoms with Crippen molar-refractivity contribution in [1.29, 1.82) is 0 Å². The van der Waals surface area contributed by atoms with Gasteiger partial charge in [0.05, 0.1) is 0 Å². The molecule has 0 bridgehead atoms. The minimum Gasteiger partial charge on any atom is -0.693 e. The summed E-state index contributed by atoms with van der Waals surface area (Å²) < 4.78 is 14.5. The molecule has 0 aliphatic heterocycles. The maximum atomic E-state index is 8.67. The summed E-state index contributed by atoms with van der Waals surface area (Å²) in [6.45, 7) is 0. The van der Waals surface area contributed by atoms with Crippen molar-refractivity contribution in [2.45, 2.75) is 0 Å². The summed E-state index contributed by atoms with van der Waals surface area (Å²) in [5.74, 6) is -0.153. The van der Waals surface area contributed by atoms with Crippen molar-refractivity contribution < 1.29 is 39.5 Å². The largest absolute Gasteiger partial charge is 2.00 e. The van der Waals surface area contributed by atoms with Crippen LogP contribution in [0.2, 0.25) is 0 Å². The topological polar surface area (TPSA) is 200 Å². The van der Waals surface area contributed by atoms with Crippen LogP contribution in [0.4, 0.5) is 0 Å². The van der Waals surface area contributed by atoms with Crippen LogP contribution in [0.25, 0.3) is 12.3 Å². The van der Waals surface area contributed by atoms with Gasteiger partial charge in [-0.3, -0.25) is 0 Å². The van der Waals surface area contributed by atoms with Crippen molar-refractivity contribution in [1.82, 2.24) is 0 Å². The van der Waals surface area contributed by atoms with E-state index in [2.05, 4.69) is 0 Å². The smallest absolute Gasteiger partial charge is 0.693 e. The Morgan fingerprint density at radius 1 is 1.06 bits per heavy atom. The number of benzene rings is 1. The number of hydrogen-bond donors (Lipinski definition) is 4. The van der Waals surface area contributed by atoms with Gasteiger partial charge < -0.3 is 32.6 Å². The third-order valence-electron chi connectivity index (χ3n) is 0.882. The standard InChI is InChI=1S/C6H6O2.AsH3O2.HNO2.2H2N.Pt/c7-5-3-1-2-4-6(5)8;2*2-1-3;;;/h1-4,7-8H;1-3H;(H,2,3);2*1H2;/q;;;2*-1;+2/p-1. The third-order valence-corrected chi connectivity index (χ3v) is 0.882. The molecule has 0 heterocycles. The van der Waals surface area contributed by atoms with E-state index in [1.807, 2.05) is 0 Å². The molecular weight excluding hydrogens is 480 g/mol. The Bertz CT molecular complexity index is 236. The van der Waals surface area contributed by atoms with Gasteiger partial charge in [0.25, 0.3) is 0 Å². The van der Waals surface area contributed by atoms with Crippen LogP contribution in [0.15, 0.2) is 29.6 Å². The van der Waals surface area contributed by atoms with Crippen LogP contribution in [0, 0.1) is 10.1 Å². The third kappa shape index (κ3) is 25.5. The van der Waals surface area contributed by atoms with E-state index in [-0.39, 0.29) is 44.9 Å². The van der Waals surface area contributed by atoms with E-state index in [1.165, 1.54) is 12.1 Å². The molecule has 0 aromatic heterocycles. The zero-order chi connectivity index (χ0) is 11.4. The van der Waals surface area contributed by atoms with Crippen molar-refractivity contribution in [2.75, 3.05) is 0 Å². The van der Waals surface area contributed by atoms with Crippen molar-refractivity contribution in [3.63, 3.8) is 0 Å². The van der Waals surface area contributed by atoms with E-state index < -0.39 is 16.4 Å². The molecule has 8 N–H and O–H groups in total. The van der Waals surface area contributed by atoms with E-state index in [0.29, 0.717) is 0 Å². The molecule has 17 heavy (non-hydrogen) atoms. The first-order chi connectivity index (χ1) is 6.63. The van der Waals surface area contributed by atoms with Crippen LogP contribution in [-0.2, 0) is 21.1 Å². The molecule has 0 aliphatic carbocycles. The van der Waals surface area contributed by atoms with Gasteiger partial charge in [0.1, 0.15) is 0 Å². The molecule has 0 saturated heterocycles. The van der Waals surface area contributed by atoms with E-state index in [1.54, 1.807) is 12.1 Å². The summed E-state index contributed by atoms with van der Waals surface area (Å²) in [5, 5.41) is 26.3. The van der Waals surface area contributed by atoms with Gasteiger partial charge in [-0.25, -0.2) is 0 Å². The Morgan fingerprint density at radius 3 is 1.35 bits per heavy atom. The van der Waals surface area contributed by atoms with Crippen LogP contribution in [0.1, 0.15) is 0 Å². The van der Waals surface area contributed by atoms with Gasteiger partial charge in [-0.15, -0.1) is 5.34 Å². The number of para-hydroxylation sites is 2. The molecule has 0 unspecified atom stereocenters. The van der Waals surface area contributed by atoms with Crippen LogP contribution in [0.5, 0.6) is 11.5 Å². The Hall–Kier alpha value is -0.693. The summed E-state index contributed by atoms with van der Waals surface area (Å²) in [6, 6.07) is 6.15. The van der Waals surface area contributed by atoms with Gasteiger partial charge in [-0.1, -0.05) is 12.1 Å². The van der Waals surface area contributed by atoms with Crippen molar-refractivity contribution in [3.8, 4) is 11.5 Å². The molecule has 9 nitrogen and oxygen atoms in total. The normalized spacial score (nSPS) is 6.00. The Morgan fingerprint density at radius 2 is 1.24 bits per heavy atom. The van der Waals surface area contributed by atoms with E-state index in [0.717, 1.165) is 5.34 Å². The minimum atomic E-state index is -1.50. The Balaban J connectivity index is -0.0000000470. The predicted octanol–water partition coefficient (Wildman–Crippen LogP) is 1.02. The number of phenolic OH excluding ortho intramolecular Hbond substituents is 2. The van der Waals surface area contributed by atoms with Crippen LogP contribution in [0.3, 0.4) is 0 Å². The summed E-state index contributed by atoms with van der Waals surface area (Å²) in [5.41, 5.74) is 0. The molecule has 0 spiro atoms. The second kappa shape index (κ2) is 24.5. The molecule has 11 heteroatoms. The molecule has 1 aromatic rings. The maximum absolute atomic E-state index is 8.67. The second-order valence-electron chi connectivity index (χ2n) is 1.66. The quantitative estimate of drug-likeness (QED) is 0.180. The molecule has 104 valence electrons. The van der Waals surface area contributed by atoms with Crippen molar-refractivity contribution in [2.24, 2.45) is 5.34 Å². The predicted molar refractivity (Wildman–Crippen MR) is 61.1 cm³/mol. The van der Waals surface area contributed by atoms with Crippen molar-refractivity contribution >= 4 is 16.4 Å². The Kier molecular flexibility index (Phi) is 43.1. The zero-order valence-electron chi connectivity index (χ0n) is 8.33. The van der Waals surface area contributed by atoms with Gasteiger partial charge >= 0.3 is 45.7 Å². The summed E-state index contributed by atoms with van der Waals surface area (Å²) in [6.07, 6.45) is 0. The molecular formula is C6H13AsN3O6Pt-. The van der Waals surface area contributed by atoms with Gasteiger partial charge in [0.2, 0.25) is 0 Å². The zero-order valence-corrected chi connectivity index (χ0v) is 12.7. The molecule has 1 rings (SSSR count). The molecule has 0 atom stereocenters. The molecule has 0 radical (unpaired) electrons. The number of nitrogens with two attached hydrogens (primary N) is 2. The fraction of sp³-hybridized carbons (Fsp3) is 0. The van der Waals surface area contributed by atoms with E-state index >= 15 is 0 Å². The summed E-state index contributed by atoms with van der Waals surface area (Å²) in [7, 11) is 0. The first kappa shape index (κ1) is 29.9. The SMILES string of the molecule is O=N[O-].O[AsH]O.Oc1ccccc1O.[NH2-].[NH2-].[Pt+2].